The number of rotatable bonds is 6. The number of hydrogen-bond acceptors (Lipinski definition) is 6. The standard InChI is InChI=1S/C19H25N5O2S/c1-12(2)17-21-19(27-23-17)22-18(26)14-7-5-13(6-8-14)10-24-9-3-4-15(11-24)16(20)25/h5-8,12,15H,3-4,9-11H2,1-2H3,(H2,20,25)(H,21,22,23,26)/t15-/m1/s1. The van der Waals surface area contributed by atoms with Crippen molar-refractivity contribution in [3.63, 3.8) is 0 Å². The SMILES string of the molecule is CC(C)c1nsc(NC(=O)c2ccc(CN3CCC[C@@H](C(N)=O)C3)cc2)n1. The molecule has 0 aliphatic carbocycles. The minimum Gasteiger partial charge on any atom is -0.369 e. The molecule has 3 N–H and O–H groups in total. The number of carbonyl (C=O) groups is 2. The predicted molar refractivity (Wildman–Crippen MR) is 106 cm³/mol. The summed E-state index contributed by atoms with van der Waals surface area (Å²) in [4.78, 5) is 30.3. The fourth-order valence-corrected chi connectivity index (χ4v) is 3.84. The molecule has 1 fully saturated rings. The first kappa shape index (κ1) is 19.4. The molecule has 0 saturated carbocycles. The van der Waals surface area contributed by atoms with E-state index >= 15 is 0 Å². The maximum absolute atomic E-state index is 12.4. The molecule has 8 heteroatoms. The molecule has 1 aromatic heterocycles. The van der Waals surface area contributed by atoms with Crippen LogP contribution in [0.4, 0.5) is 5.13 Å². The summed E-state index contributed by atoms with van der Waals surface area (Å²) in [5, 5.41) is 3.31. The Morgan fingerprint density at radius 1 is 1.33 bits per heavy atom. The maximum Gasteiger partial charge on any atom is 0.257 e. The van der Waals surface area contributed by atoms with Gasteiger partial charge in [0.05, 0.1) is 5.92 Å². The van der Waals surface area contributed by atoms with Gasteiger partial charge in [-0.1, -0.05) is 26.0 Å². The molecule has 0 unspecified atom stereocenters. The summed E-state index contributed by atoms with van der Waals surface area (Å²) in [5.41, 5.74) is 7.12. The molecule has 1 aromatic carbocycles. The zero-order chi connectivity index (χ0) is 19.4. The summed E-state index contributed by atoms with van der Waals surface area (Å²) in [6.45, 7) is 6.44. The van der Waals surface area contributed by atoms with Gasteiger partial charge in [0.2, 0.25) is 11.0 Å². The lowest BCUT2D eigenvalue weighted by Crippen LogP contribution is -2.40. The number of hydrogen-bond donors (Lipinski definition) is 2. The van der Waals surface area contributed by atoms with Gasteiger partial charge in [0.25, 0.3) is 5.91 Å². The molecule has 1 aliphatic heterocycles. The lowest BCUT2D eigenvalue weighted by atomic mass is 9.97. The molecule has 2 heterocycles. The molecular weight excluding hydrogens is 362 g/mol. The van der Waals surface area contributed by atoms with E-state index in [1.807, 2.05) is 38.1 Å². The Hall–Kier alpha value is -2.32. The average molecular weight is 388 g/mol. The van der Waals surface area contributed by atoms with Crippen LogP contribution in [0, 0.1) is 5.92 Å². The number of nitrogens with one attached hydrogen (secondary N) is 1. The first-order chi connectivity index (χ1) is 12.9. The number of likely N-dealkylation sites (tertiary alicyclic amines) is 1. The minimum absolute atomic E-state index is 0.0635. The lowest BCUT2D eigenvalue weighted by Gasteiger charge is -2.31. The minimum atomic E-state index is -0.219. The third-order valence-electron chi connectivity index (χ3n) is 4.71. The molecule has 7 nitrogen and oxygen atoms in total. The second-order valence-corrected chi connectivity index (χ2v) is 7.99. The van der Waals surface area contributed by atoms with E-state index in [2.05, 4.69) is 19.6 Å². The third kappa shape index (κ3) is 5.11. The molecule has 27 heavy (non-hydrogen) atoms. The molecule has 144 valence electrons. The normalized spacial score (nSPS) is 17.8. The summed E-state index contributed by atoms with van der Waals surface area (Å²) in [5.74, 6) is 0.492. The Balaban J connectivity index is 1.57. The number of nitrogens with two attached hydrogens (primary N) is 1. The molecule has 1 atom stereocenters. The van der Waals surface area contributed by atoms with Gasteiger partial charge < -0.3 is 5.73 Å². The van der Waals surface area contributed by atoms with Crippen LogP contribution in [0.25, 0.3) is 0 Å². The van der Waals surface area contributed by atoms with E-state index in [9.17, 15) is 9.59 Å². The smallest absolute Gasteiger partial charge is 0.257 e. The van der Waals surface area contributed by atoms with Crippen LogP contribution >= 0.6 is 11.5 Å². The van der Waals surface area contributed by atoms with Crippen LogP contribution in [0.1, 0.15) is 54.4 Å². The zero-order valence-corrected chi connectivity index (χ0v) is 16.5. The van der Waals surface area contributed by atoms with Crippen molar-refractivity contribution >= 4 is 28.5 Å². The highest BCUT2D eigenvalue weighted by Gasteiger charge is 2.23. The zero-order valence-electron chi connectivity index (χ0n) is 15.6. The third-order valence-corrected chi connectivity index (χ3v) is 5.35. The molecule has 3 rings (SSSR count). The van der Waals surface area contributed by atoms with E-state index in [0.717, 1.165) is 37.3 Å². The van der Waals surface area contributed by atoms with Gasteiger partial charge in [-0.2, -0.15) is 4.37 Å². The topological polar surface area (TPSA) is 101 Å². The summed E-state index contributed by atoms with van der Waals surface area (Å²) in [7, 11) is 0. The largest absolute Gasteiger partial charge is 0.369 e. The molecule has 1 aliphatic rings. The number of anilines is 1. The van der Waals surface area contributed by atoms with E-state index in [1.54, 1.807) is 0 Å². The number of amides is 2. The van der Waals surface area contributed by atoms with E-state index < -0.39 is 0 Å². The van der Waals surface area contributed by atoms with Crippen LogP contribution < -0.4 is 11.1 Å². The molecule has 0 bridgehead atoms. The van der Waals surface area contributed by atoms with Gasteiger partial charge in [-0.25, -0.2) is 4.98 Å². The highest BCUT2D eigenvalue weighted by atomic mass is 32.1. The molecule has 0 spiro atoms. The summed E-state index contributed by atoms with van der Waals surface area (Å²) in [6.07, 6.45) is 1.85. The van der Waals surface area contributed by atoms with Crippen molar-refractivity contribution in [3.8, 4) is 0 Å². The van der Waals surface area contributed by atoms with Gasteiger partial charge in [-0.3, -0.25) is 19.8 Å². The highest BCUT2D eigenvalue weighted by Crippen LogP contribution is 2.20. The number of piperidine rings is 1. The monoisotopic (exact) mass is 387 g/mol. The van der Waals surface area contributed by atoms with Crippen molar-refractivity contribution in [1.29, 1.82) is 0 Å². The van der Waals surface area contributed by atoms with Gasteiger partial charge in [0.1, 0.15) is 5.82 Å². The number of carbonyl (C=O) groups excluding carboxylic acids is 2. The van der Waals surface area contributed by atoms with Crippen molar-refractivity contribution in [2.24, 2.45) is 11.7 Å². The van der Waals surface area contributed by atoms with Crippen LogP contribution in [0.5, 0.6) is 0 Å². The quantitative estimate of drug-likeness (QED) is 0.793. The fourth-order valence-electron chi connectivity index (χ4n) is 3.14. The first-order valence-corrected chi connectivity index (χ1v) is 9.95. The average Bonchev–Trinajstić information content (AvgIpc) is 3.11. The Bertz CT molecular complexity index is 803. The molecule has 0 radical (unpaired) electrons. The Kier molecular flexibility index (Phi) is 6.18. The van der Waals surface area contributed by atoms with E-state index in [0.29, 0.717) is 17.2 Å². The molecule has 1 saturated heterocycles. The van der Waals surface area contributed by atoms with Crippen molar-refractivity contribution in [3.05, 3.63) is 41.2 Å². The van der Waals surface area contributed by atoms with Crippen LogP contribution in [0.2, 0.25) is 0 Å². The Labute approximate surface area is 163 Å². The van der Waals surface area contributed by atoms with Crippen LogP contribution in [-0.4, -0.2) is 39.2 Å². The van der Waals surface area contributed by atoms with Gasteiger partial charge in [-0.05, 0) is 37.1 Å². The Morgan fingerprint density at radius 2 is 2.07 bits per heavy atom. The van der Waals surface area contributed by atoms with Crippen LogP contribution in [-0.2, 0) is 11.3 Å². The van der Waals surface area contributed by atoms with Crippen LogP contribution in [0.15, 0.2) is 24.3 Å². The highest BCUT2D eigenvalue weighted by molar-refractivity contribution is 7.09. The van der Waals surface area contributed by atoms with Gasteiger partial charge >= 0.3 is 0 Å². The fraction of sp³-hybridized carbons (Fsp3) is 0.474. The van der Waals surface area contributed by atoms with E-state index in [-0.39, 0.29) is 23.7 Å². The molecule has 2 aromatic rings. The second kappa shape index (κ2) is 8.58. The van der Waals surface area contributed by atoms with E-state index in [4.69, 9.17) is 5.73 Å². The van der Waals surface area contributed by atoms with Crippen molar-refractivity contribution in [2.45, 2.75) is 39.2 Å². The van der Waals surface area contributed by atoms with Crippen LogP contribution in [0.3, 0.4) is 0 Å². The summed E-state index contributed by atoms with van der Waals surface area (Å²) < 4.78 is 4.24. The van der Waals surface area contributed by atoms with E-state index in [1.165, 1.54) is 11.5 Å². The number of benzene rings is 1. The number of primary amides is 1. The lowest BCUT2D eigenvalue weighted by molar-refractivity contribution is -0.123. The first-order valence-electron chi connectivity index (χ1n) is 9.18. The number of nitrogens with zero attached hydrogens (tertiary/aromatic N) is 3. The molecule has 2 amide bonds. The predicted octanol–water partition coefficient (Wildman–Crippen LogP) is 2.61. The van der Waals surface area contributed by atoms with Gasteiger partial charge in [0, 0.05) is 36.1 Å². The van der Waals surface area contributed by atoms with Crippen molar-refractivity contribution in [1.82, 2.24) is 14.3 Å². The molecular formula is C19H25N5O2S. The van der Waals surface area contributed by atoms with Crippen molar-refractivity contribution < 1.29 is 9.59 Å². The van der Waals surface area contributed by atoms with Crippen molar-refractivity contribution in [2.75, 3.05) is 18.4 Å². The summed E-state index contributed by atoms with van der Waals surface area (Å²) >= 11 is 1.19. The van der Waals surface area contributed by atoms with Gasteiger partial charge in [0.15, 0.2) is 0 Å². The van der Waals surface area contributed by atoms with Gasteiger partial charge in [-0.15, -0.1) is 0 Å². The maximum atomic E-state index is 12.4. The number of aromatic nitrogens is 2. The second-order valence-electron chi connectivity index (χ2n) is 7.24. The Morgan fingerprint density at radius 3 is 2.70 bits per heavy atom. The summed E-state index contributed by atoms with van der Waals surface area (Å²) in [6, 6.07) is 7.51.